The van der Waals surface area contributed by atoms with Gasteiger partial charge in [0.2, 0.25) is 10.0 Å². The number of aryl methyl sites for hydroxylation is 1. The van der Waals surface area contributed by atoms with Gasteiger partial charge in [0, 0.05) is 19.2 Å². The maximum atomic E-state index is 12.4. The molecule has 21 heavy (non-hydrogen) atoms. The number of rotatable bonds is 3. The van der Waals surface area contributed by atoms with E-state index in [4.69, 9.17) is 16.7 Å². The first kappa shape index (κ1) is 17.9. The van der Waals surface area contributed by atoms with Crippen LogP contribution in [0.25, 0.3) is 0 Å². The van der Waals surface area contributed by atoms with E-state index in [1.165, 1.54) is 6.07 Å². The van der Waals surface area contributed by atoms with Crippen molar-refractivity contribution in [2.75, 3.05) is 13.6 Å². The van der Waals surface area contributed by atoms with Crippen LogP contribution in [0.1, 0.15) is 36.7 Å². The minimum absolute atomic E-state index is 0.0486. The smallest absolute Gasteiger partial charge is 0.253 e. The Kier molecular flexibility index (Phi) is 5.08. The number of hydrogen-bond acceptors (Lipinski definition) is 3. The number of sulfonamides is 1. The topological polar surface area (TPSA) is 80.5 Å². The maximum Gasteiger partial charge on any atom is 0.253 e. The molecule has 1 aromatic rings. The first-order chi connectivity index (χ1) is 9.33. The zero-order chi connectivity index (χ0) is 16.6. The van der Waals surface area contributed by atoms with Gasteiger partial charge in [-0.3, -0.25) is 4.79 Å². The molecule has 5 nitrogen and oxygen atoms in total. The molecule has 0 aliphatic carbocycles. The lowest BCUT2D eigenvalue weighted by Gasteiger charge is -2.27. The highest BCUT2D eigenvalue weighted by atomic mass is 35.5. The molecule has 1 rings (SSSR count). The fraction of sp³-hybridized carbons (Fsp3) is 0.500. The van der Waals surface area contributed by atoms with Crippen LogP contribution in [0.15, 0.2) is 17.0 Å². The van der Waals surface area contributed by atoms with Gasteiger partial charge in [0.1, 0.15) is 4.90 Å². The molecule has 2 N–H and O–H groups in total. The second-order valence-corrected chi connectivity index (χ2v) is 8.28. The van der Waals surface area contributed by atoms with E-state index in [1.807, 2.05) is 20.8 Å². The fourth-order valence-electron chi connectivity index (χ4n) is 2.07. The molecule has 1 amide bonds. The van der Waals surface area contributed by atoms with Crippen LogP contribution in [0, 0.1) is 12.3 Å². The van der Waals surface area contributed by atoms with Crippen LogP contribution < -0.4 is 5.14 Å². The van der Waals surface area contributed by atoms with E-state index in [9.17, 15) is 13.2 Å². The predicted molar refractivity (Wildman–Crippen MR) is 84.0 cm³/mol. The molecule has 7 heteroatoms. The molecular formula is C14H21ClN2O3S. The van der Waals surface area contributed by atoms with Crippen LogP contribution in [-0.4, -0.2) is 32.8 Å². The summed E-state index contributed by atoms with van der Waals surface area (Å²) in [6.45, 7) is 8.22. The zero-order valence-electron chi connectivity index (χ0n) is 12.9. The van der Waals surface area contributed by atoms with Crippen molar-refractivity contribution in [1.29, 1.82) is 0 Å². The molecule has 0 aliphatic rings. The quantitative estimate of drug-likeness (QED) is 0.923. The van der Waals surface area contributed by atoms with Crippen molar-refractivity contribution >= 4 is 27.5 Å². The lowest BCUT2D eigenvalue weighted by molar-refractivity contribution is 0.0745. The van der Waals surface area contributed by atoms with Crippen LogP contribution in [0.2, 0.25) is 5.02 Å². The summed E-state index contributed by atoms with van der Waals surface area (Å²) in [7, 11) is -2.30. The summed E-state index contributed by atoms with van der Waals surface area (Å²) in [5, 5.41) is 5.18. The predicted octanol–water partition coefficient (Wildman–Crippen LogP) is 2.41. The van der Waals surface area contributed by atoms with Crippen molar-refractivity contribution in [3.63, 3.8) is 0 Å². The molecule has 0 unspecified atom stereocenters. The van der Waals surface area contributed by atoms with Gasteiger partial charge >= 0.3 is 0 Å². The fourth-order valence-corrected chi connectivity index (χ4v) is 3.21. The van der Waals surface area contributed by atoms with Crippen LogP contribution in [0.3, 0.4) is 0 Å². The summed E-state index contributed by atoms with van der Waals surface area (Å²) in [6, 6.07) is 2.80. The van der Waals surface area contributed by atoms with Gasteiger partial charge in [-0.1, -0.05) is 32.4 Å². The lowest BCUT2D eigenvalue weighted by Crippen LogP contribution is -2.34. The van der Waals surface area contributed by atoms with Crippen molar-refractivity contribution in [2.45, 2.75) is 32.6 Å². The van der Waals surface area contributed by atoms with Gasteiger partial charge in [0.05, 0.1) is 5.02 Å². The second kappa shape index (κ2) is 5.94. The molecule has 0 saturated carbocycles. The zero-order valence-corrected chi connectivity index (χ0v) is 14.5. The number of nitrogens with zero attached hydrogens (tertiary/aromatic N) is 1. The number of nitrogens with two attached hydrogens (primary N) is 1. The van der Waals surface area contributed by atoms with Crippen LogP contribution in [0.4, 0.5) is 0 Å². The third-order valence-corrected chi connectivity index (χ3v) is 4.38. The molecule has 0 fully saturated rings. The highest BCUT2D eigenvalue weighted by Gasteiger charge is 2.22. The van der Waals surface area contributed by atoms with Gasteiger partial charge in [-0.2, -0.15) is 0 Å². The van der Waals surface area contributed by atoms with Crippen molar-refractivity contribution in [3.8, 4) is 0 Å². The molecule has 0 heterocycles. The Balaban J connectivity index is 3.27. The normalized spacial score (nSPS) is 12.3. The summed E-state index contributed by atoms with van der Waals surface area (Å²) in [5.41, 5.74) is 0.692. The van der Waals surface area contributed by atoms with Gasteiger partial charge in [-0.15, -0.1) is 0 Å². The van der Waals surface area contributed by atoms with Gasteiger partial charge in [0.25, 0.3) is 5.91 Å². The van der Waals surface area contributed by atoms with Gasteiger partial charge in [-0.05, 0) is 30.0 Å². The summed E-state index contributed by atoms with van der Waals surface area (Å²) in [5.74, 6) is -0.269. The number of hydrogen-bond donors (Lipinski definition) is 1. The summed E-state index contributed by atoms with van der Waals surface area (Å²) < 4.78 is 23.1. The van der Waals surface area contributed by atoms with Crippen LogP contribution >= 0.6 is 11.6 Å². The number of benzene rings is 1. The van der Waals surface area contributed by atoms with E-state index >= 15 is 0 Å². The molecule has 0 spiro atoms. The van der Waals surface area contributed by atoms with Crippen LogP contribution in [-0.2, 0) is 10.0 Å². The average Bonchev–Trinajstić information content (AvgIpc) is 2.27. The molecule has 118 valence electrons. The van der Waals surface area contributed by atoms with Crippen LogP contribution in [0.5, 0.6) is 0 Å². The Bertz CT molecular complexity index is 664. The lowest BCUT2D eigenvalue weighted by atomic mass is 9.96. The standard InChI is InChI=1S/C14H21ClN2O3S/c1-9-6-10(7-11(12(9)15)21(16,19)20)13(18)17(5)8-14(2,3)4/h6-7H,8H2,1-5H3,(H2,16,19,20). The molecule has 1 aromatic carbocycles. The van der Waals surface area contributed by atoms with Crippen molar-refractivity contribution < 1.29 is 13.2 Å². The molecular weight excluding hydrogens is 312 g/mol. The molecule has 0 saturated heterocycles. The first-order valence-corrected chi connectivity index (χ1v) is 8.34. The Morgan fingerprint density at radius 2 is 1.86 bits per heavy atom. The van der Waals surface area contributed by atoms with Gasteiger partial charge < -0.3 is 4.90 Å². The Morgan fingerprint density at radius 1 is 1.33 bits per heavy atom. The maximum absolute atomic E-state index is 12.4. The number of amides is 1. The van der Waals surface area contributed by atoms with E-state index in [1.54, 1.807) is 24.9 Å². The van der Waals surface area contributed by atoms with Gasteiger partial charge in [0.15, 0.2) is 0 Å². The molecule has 0 radical (unpaired) electrons. The minimum Gasteiger partial charge on any atom is -0.341 e. The minimum atomic E-state index is -3.98. The molecule has 0 atom stereocenters. The van der Waals surface area contributed by atoms with Crippen molar-refractivity contribution in [3.05, 3.63) is 28.3 Å². The van der Waals surface area contributed by atoms with E-state index < -0.39 is 10.0 Å². The largest absolute Gasteiger partial charge is 0.341 e. The number of primary sulfonamides is 1. The molecule has 0 bridgehead atoms. The highest BCUT2D eigenvalue weighted by Crippen LogP contribution is 2.27. The monoisotopic (exact) mass is 332 g/mol. The summed E-state index contributed by atoms with van der Waals surface area (Å²) >= 11 is 5.96. The van der Waals surface area contributed by atoms with Crippen molar-refractivity contribution in [1.82, 2.24) is 4.90 Å². The SMILES string of the molecule is Cc1cc(C(=O)N(C)CC(C)(C)C)cc(S(N)(=O)=O)c1Cl. The van der Waals surface area contributed by atoms with E-state index in [0.717, 1.165) is 0 Å². The number of carbonyl (C=O) groups excluding carboxylic acids is 1. The third-order valence-electron chi connectivity index (χ3n) is 2.83. The van der Waals surface area contributed by atoms with E-state index in [2.05, 4.69) is 0 Å². The summed E-state index contributed by atoms with van der Waals surface area (Å²) in [6.07, 6.45) is 0. The Hall–Kier alpha value is -1.11. The van der Waals surface area contributed by atoms with E-state index in [0.29, 0.717) is 12.1 Å². The summed E-state index contributed by atoms with van der Waals surface area (Å²) in [4.78, 5) is 13.7. The van der Waals surface area contributed by atoms with E-state index in [-0.39, 0.29) is 26.8 Å². The first-order valence-electron chi connectivity index (χ1n) is 6.41. The number of halogens is 1. The Labute approximate surface area is 131 Å². The molecule has 0 aromatic heterocycles. The third kappa shape index (κ3) is 4.69. The van der Waals surface area contributed by atoms with Gasteiger partial charge in [-0.25, -0.2) is 13.6 Å². The molecule has 0 aliphatic heterocycles. The van der Waals surface area contributed by atoms with Crippen molar-refractivity contribution in [2.24, 2.45) is 10.6 Å². The average molecular weight is 333 g/mol. The highest BCUT2D eigenvalue weighted by molar-refractivity contribution is 7.89. The number of carbonyl (C=O) groups is 1. The second-order valence-electron chi connectivity index (χ2n) is 6.37. The Morgan fingerprint density at radius 3 is 2.29 bits per heavy atom.